The van der Waals surface area contributed by atoms with Crippen molar-refractivity contribution in [3.05, 3.63) is 41.2 Å². The van der Waals surface area contributed by atoms with Crippen LogP contribution in [0.15, 0.2) is 18.6 Å². The SMILES string of the molecule is CCOC(=O)c1c(NC(=O)c2cnc(C)cn2)c[nH]c1C. The number of hydrogen-bond acceptors (Lipinski definition) is 5. The van der Waals surface area contributed by atoms with Crippen LogP contribution in [0.25, 0.3) is 0 Å². The Balaban J connectivity index is 2.22. The molecule has 0 aliphatic rings. The van der Waals surface area contributed by atoms with Gasteiger partial charge in [0.05, 0.1) is 24.2 Å². The largest absolute Gasteiger partial charge is 0.462 e. The van der Waals surface area contributed by atoms with Crippen LogP contribution >= 0.6 is 0 Å². The fraction of sp³-hybridized carbons (Fsp3) is 0.286. The zero-order valence-corrected chi connectivity index (χ0v) is 12.1. The predicted molar refractivity (Wildman–Crippen MR) is 76.2 cm³/mol. The smallest absolute Gasteiger partial charge is 0.342 e. The van der Waals surface area contributed by atoms with Crippen LogP contribution in [0.2, 0.25) is 0 Å². The molecule has 0 radical (unpaired) electrons. The highest BCUT2D eigenvalue weighted by atomic mass is 16.5. The molecule has 2 aromatic heterocycles. The molecule has 0 saturated heterocycles. The van der Waals surface area contributed by atoms with Crippen molar-refractivity contribution in [2.75, 3.05) is 11.9 Å². The summed E-state index contributed by atoms with van der Waals surface area (Å²) in [6.07, 6.45) is 4.43. The number of H-pyrrole nitrogens is 1. The highest BCUT2D eigenvalue weighted by molar-refractivity contribution is 6.07. The molecule has 0 saturated carbocycles. The van der Waals surface area contributed by atoms with Crippen molar-refractivity contribution in [3.8, 4) is 0 Å². The minimum absolute atomic E-state index is 0.175. The molecule has 21 heavy (non-hydrogen) atoms. The van der Waals surface area contributed by atoms with Gasteiger partial charge in [0.2, 0.25) is 0 Å². The van der Waals surface area contributed by atoms with Crippen LogP contribution < -0.4 is 5.32 Å². The number of aromatic nitrogens is 3. The Morgan fingerprint density at radius 1 is 1.29 bits per heavy atom. The van der Waals surface area contributed by atoms with Crippen molar-refractivity contribution in [1.82, 2.24) is 15.0 Å². The van der Waals surface area contributed by atoms with Crippen molar-refractivity contribution in [2.24, 2.45) is 0 Å². The number of ether oxygens (including phenoxy) is 1. The molecule has 0 fully saturated rings. The van der Waals surface area contributed by atoms with Crippen LogP contribution in [0.4, 0.5) is 5.69 Å². The second-order valence-corrected chi connectivity index (χ2v) is 4.42. The monoisotopic (exact) mass is 288 g/mol. The molecular weight excluding hydrogens is 272 g/mol. The van der Waals surface area contributed by atoms with Crippen molar-refractivity contribution in [1.29, 1.82) is 0 Å². The first-order valence-electron chi connectivity index (χ1n) is 6.48. The molecule has 0 atom stereocenters. The van der Waals surface area contributed by atoms with Crippen LogP contribution in [-0.4, -0.2) is 33.4 Å². The quantitative estimate of drug-likeness (QED) is 0.837. The van der Waals surface area contributed by atoms with E-state index in [1.165, 1.54) is 12.4 Å². The summed E-state index contributed by atoms with van der Waals surface area (Å²) in [6, 6.07) is 0. The van der Waals surface area contributed by atoms with E-state index in [0.29, 0.717) is 16.9 Å². The molecule has 1 amide bonds. The van der Waals surface area contributed by atoms with Crippen molar-refractivity contribution >= 4 is 17.6 Å². The summed E-state index contributed by atoms with van der Waals surface area (Å²) in [4.78, 5) is 34.9. The third-order valence-electron chi connectivity index (χ3n) is 2.82. The fourth-order valence-electron chi connectivity index (χ4n) is 1.79. The highest BCUT2D eigenvalue weighted by Gasteiger charge is 2.20. The maximum Gasteiger partial charge on any atom is 0.342 e. The maximum atomic E-state index is 12.1. The normalized spacial score (nSPS) is 10.2. The van der Waals surface area contributed by atoms with Crippen molar-refractivity contribution in [2.45, 2.75) is 20.8 Å². The minimum atomic E-state index is -0.485. The Kier molecular flexibility index (Phi) is 4.32. The van der Waals surface area contributed by atoms with Gasteiger partial charge in [0.25, 0.3) is 5.91 Å². The fourth-order valence-corrected chi connectivity index (χ4v) is 1.79. The zero-order valence-electron chi connectivity index (χ0n) is 12.1. The third-order valence-corrected chi connectivity index (χ3v) is 2.82. The number of nitrogens with one attached hydrogen (secondary N) is 2. The molecule has 7 heteroatoms. The summed E-state index contributed by atoms with van der Waals surface area (Å²) < 4.78 is 4.97. The van der Waals surface area contributed by atoms with Gasteiger partial charge in [-0.3, -0.25) is 9.78 Å². The molecule has 0 aromatic carbocycles. The lowest BCUT2D eigenvalue weighted by Gasteiger charge is -2.06. The van der Waals surface area contributed by atoms with Gasteiger partial charge in [0.15, 0.2) is 0 Å². The van der Waals surface area contributed by atoms with Crippen LogP contribution in [0.1, 0.15) is 39.2 Å². The maximum absolute atomic E-state index is 12.1. The summed E-state index contributed by atoms with van der Waals surface area (Å²) in [5.74, 6) is -0.923. The molecule has 0 unspecified atom stereocenters. The van der Waals surface area contributed by atoms with Crippen LogP contribution in [0.3, 0.4) is 0 Å². The Hall–Kier alpha value is -2.70. The lowest BCUT2D eigenvalue weighted by atomic mass is 10.2. The van der Waals surface area contributed by atoms with Crippen molar-refractivity contribution < 1.29 is 14.3 Å². The van der Waals surface area contributed by atoms with Crippen molar-refractivity contribution in [3.63, 3.8) is 0 Å². The number of rotatable bonds is 4. The van der Waals surface area contributed by atoms with Gasteiger partial charge in [-0.2, -0.15) is 0 Å². The van der Waals surface area contributed by atoms with Gasteiger partial charge >= 0.3 is 5.97 Å². The topological polar surface area (TPSA) is 97.0 Å². The second-order valence-electron chi connectivity index (χ2n) is 4.42. The average Bonchev–Trinajstić information content (AvgIpc) is 2.80. The summed E-state index contributed by atoms with van der Waals surface area (Å²) in [5.41, 5.74) is 2.19. The van der Waals surface area contributed by atoms with Gasteiger partial charge in [-0.15, -0.1) is 0 Å². The number of anilines is 1. The number of carbonyl (C=O) groups is 2. The van der Waals surface area contributed by atoms with Gasteiger partial charge in [0, 0.05) is 18.1 Å². The van der Waals surface area contributed by atoms with E-state index in [0.717, 1.165) is 5.69 Å². The Morgan fingerprint density at radius 2 is 2.05 bits per heavy atom. The summed E-state index contributed by atoms with van der Waals surface area (Å²) >= 11 is 0. The number of amides is 1. The summed E-state index contributed by atoms with van der Waals surface area (Å²) in [7, 11) is 0. The molecule has 0 aliphatic heterocycles. The Bertz CT molecular complexity index is 661. The van der Waals surface area contributed by atoms with E-state index in [1.807, 2.05) is 0 Å². The van der Waals surface area contributed by atoms with Gasteiger partial charge in [0.1, 0.15) is 11.3 Å². The van der Waals surface area contributed by atoms with Gasteiger partial charge in [-0.25, -0.2) is 9.78 Å². The van der Waals surface area contributed by atoms with Crippen LogP contribution in [-0.2, 0) is 4.74 Å². The molecular formula is C14H16N4O3. The number of carbonyl (C=O) groups excluding carboxylic acids is 2. The molecule has 0 spiro atoms. The first-order valence-corrected chi connectivity index (χ1v) is 6.48. The molecule has 2 N–H and O–H groups in total. The minimum Gasteiger partial charge on any atom is -0.462 e. The number of nitrogens with zero attached hydrogens (tertiary/aromatic N) is 2. The number of esters is 1. The molecule has 0 aliphatic carbocycles. The second kappa shape index (κ2) is 6.17. The van der Waals surface area contributed by atoms with E-state index in [9.17, 15) is 9.59 Å². The molecule has 0 bridgehead atoms. The first-order chi connectivity index (χ1) is 10.0. The van der Waals surface area contributed by atoms with E-state index in [4.69, 9.17) is 4.74 Å². The van der Waals surface area contributed by atoms with E-state index in [-0.39, 0.29) is 12.3 Å². The molecule has 110 valence electrons. The number of aromatic amines is 1. The lowest BCUT2D eigenvalue weighted by Crippen LogP contribution is -2.16. The molecule has 2 rings (SSSR count). The highest BCUT2D eigenvalue weighted by Crippen LogP contribution is 2.20. The number of hydrogen-bond donors (Lipinski definition) is 2. The molecule has 2 heterocycles. The van der Waals surface area contributed by atoms with Crippen LogP contribution in [0, 0.1) is 13.8 Å². The van der Waals surface area contributed by atoms with E-state index in [1.54, 1.807) is 27.0 Å². The average molecular weight is 288 g/mol. The standard InChI is InChI=1S/C14H16N4O3/c1-4-21-14(20)12-9(3)16-6-10(12)18-13(19)11-7-15-8(2)5-17-11/h5-7,16H,4H2,1-3H3,(H,18,19). The molecule has 2 aromatic rings. The predicted octanol–water partition coefficient (Wildman–Crippen LogP) is 1.85. The Labute approximate surface area is 121 Å². The third kappa shape index (κ3) is 3.25. The lowest BCUT2D eigenvalue weighted by molar-refractivity contribution is 0.0527. The van der Waals surface area contributed by atoms with E-state index < -0.39 is 11.9 Å². The first kappa shape index (κ1) is 14.7. The Morgan fingerprint density at radius 3 is 2.67 bits per heavy atom. The van der Waals surface area contributed by atoms with Gasteiger partial charge in [-0.1, -0.05) is 0 Å². The summed E-state index contributed by atoms with van der Waals surface area (Å²) in [6.45, 7) is 5.50. The van der Waals surface area contributed by atoms with Gasteiger partial charge in [-0.05, 0) is 20.8 Å². The zero-order chi connectivity index (χ0) is 15.4. The van der Waals surface area contributed by atoms with Crippen LogP contribution in [0.5, 0.6) is 0 Å². The van der Waals surface area contributed by atoms with E-state index in [2.05, 4.69) is 20.3 Å². The van der Waals surface area contributed by atoms with E-state index >= 15 is 0 Å². The molecule has 7 nitrogen and oxygen atoms in total. The van der Waals surface area contributed by atoms with Gasteiger partial charge < -0.3 is 15.0 Å². The number of aryl methyl sites for hydroxylation is 2. The summed E-state index contributed by atoms with van der Waals surface area (Å²) in [5, 5.41) is 2.63.